The molecule has 0 bridgehead atoms. The van der Waals surface area contributed by atoms with E-state index in [-0.39, 0.29) is 16.7 Å². The number of hydrogen-bond donors (Lipinski definition) is 0. The van der Waals surface area contributed by atoms with Crippen molar-refractivity contribution in [2.75, 3.05) is 0 Å². The van der Waals surface area contributed by atoms with E-state index in [9.17, 15) is 10.1 Å². The highest BCUT2D eigenvalue weighted by molar-refractivity contribution is 7.71. The Morgan fingerprint density at radius 3 is 2.48 bits per heavy atom. The van der Waals surface area contributed by atoms with Gasteiger partial charge in [0.2, 0.25) is 0 Å². The predicted molar refractivity (Wildman–Crippen MR) is 92.2 cm³/mol. The number of rotatable bonds is 3. The van der Waals surface area contributed by atoms with Crippen molar-refractivity contribution in [2.24, 2.45) is 0 Å². The van der Waals surface area contributed by atoms with E-state index < -0.39 is 0 Å². The molecule has 0 saturated heterocycles. The predicted octanol–water partition coefficient (Wildman–Crippen LogP) is 4.65. The normalized spacial score (nSPS) is 13.9. The zero-order valence-electron chi connectivity index (χ0n) is 13.3. The minimum Gasteiger partial charge on any atom is -0.327 e. The number of aromatic nitrogens is 2. The molecule has 0 fully saturated rings. The van der Waals surface area contributed by atoms with Crippen LogP contribution in [0.2, 0.25) is 0 Å². The van der Waals surface area contributed by atoms with Crippen molar-refractivity contribution >= 4 is 17.9 Å². The van der Waals surface area contributed by atoms with Crippen molar-refractivity contribution in [1.29, 1.82) is 0 Å². The largest absolute Gasteiger partial charge is 0.327 e. The SMILES string of the molecule is CC(C)n1c(-c2ccc([N+](=O)[O-])cc2)nc(=S)c2c1CCCC2. The van der Waals surface area contributed by atoms with Crippen molar-refractivity contribution in [1.82, 2.24) is 9.55 Å². The van der Waals surface area contributed by atoms with Gasteiger partial charge < -0.3 is 4.57 Å². The molecule has 1 aliphatic rings. The van der Waals surface area contributed by atoms with Crippen molar-refractivity contribution < 1.29 is 4.92 Å². The molecule has 23 heavy (non-hydrogen) atoms. The maximum atomic E-state index is 10.8. The fraction of sp³-hybridized carbons (Fsp3) is 0.412. The first-order valence-corrected chi connectivity index (χ1v) is 8.29. The molecule has 0 radical (unpaired) electrons. The fourth-order valence-electron chi connectivity index (χ4n) is 3.22. The Balaban J connectivity index is 2.20. The molecule has 0 unspecified atom stereocenters. The van der Waals surface area contributed by atoms with Crippen LogP contribution in [0.4, 0.5) is 5.69 Å². The van der Waals surface area contributed by atoms with Crippen LogP contribution in [0.1, 0.15) is 44.0 Å². The summed E-state index contributed by atoms with van der Waals surface area (Å²) in [6.45, 7) is 4.27. The van der Waals surface area contributed by atoms with Gasteiger partial charge in [0.25, 0.3) is 5.69 Å². The molecule has 1 aromatic heterocycles. The summed E-state index contributed by atoms with van der Waals surface area (Å²) >= 11 is 5.51. The van der Waals surface area contributed by atoms with Gasteiger partial charge in [-0.15, -0.1) is 0 Å². The average Bonchev–Trinajstić information content (AvgIpc) is 2.54. The van der Waals surface area contributed by atoms with Crippen molar-refractivity contribution in [3.8, 4) is 11.4 Å². The Morgan fingerprint density at radius 2 is 1.87 bits per heavy atom. The Morgan fingerprint density at radius 1 is 1.22 bits per heavy atom. The summed E-state index contributed by atoms with van der Waals surface area (Å²) in [7, 11) is 0. The Labute approximate surface area is 140 Å². The molecule has 0 atom stereocenters. The standard InChI is InChI=1S/C17H19N3O2S/c1-11(2)19-15-6-4-3-5-14(15)17(23)18-16(19)12-7-9-13(10-8-12)20(21)22/h7-11H,3-6H2,1-2H3. The van der Waals surface area contributed by atoms with Gasteiger partial charge in [-0.25, -0.2) is 4.98 Å². The molecule has 1 heterocycles. The van der Waals surface area contributed by atoms with Crippen molar-refractivity contribution in [3.63, 3.8) is 0 Å². The second-order valence-electron chi connectivity index (χ2n) is 6.14. The number of non-ortho nitro benzene ring substituents is 1. The lowest BCUT2D eigenvalue weighted by Gasteiger charge is -2.27. The van der Waals surface area contributed by atoms with Crippen LogP contribution < -0.4 is 0 Å². The van der Waals surface area contributed by atoms with E-state index in [0.717, 1.165) is 37.1 Å². The van der Waals surface area contributed by atoms with E-state index in [0.29, 0.717) is 4.64 Å². The summed E-state index contributed by atoms with van der Waals surface area (Å²) < 4.78 is 2.91. The molecule has 1 aromatic carbocycles. The first-order valence-electron chi connectivity index (χ1n) is 7.88. The van der Waals surface area contributed by atoms with Crippen LogP contribution in [-0.2, 0) is 12.8 Å². The third-order valence-electron chi connectivity index (χ3n) is 4.28. The molecule has 0 amide bonds. The molecule has 0 aliphatic heterocycles. The maximum Gasteiger partial charge on any atom is 0.269 e. The molecule has 0 N–H and O–H groups in total. The van der Waals surface area contributed by atoms with Crippen LogP contribution in [0.25, 0.3) is 11.4 Å². The van der Waals surface area contributed by atoms with Gasteiger partial charge in [-0.05, 0) is 51.7 Å². The van der Waals surface area contributed by atoms with E-state index in [2.05, 4.69) is 23.4 Å². The molecule has 1 aliphatic carbocycles. The van der Waals surface area contributed by atoms with Gasteiger partial charge >= 0.3 is 0 Å². The number of fused-ring (bicyclic) bond motifs is 1. The highest BCUT2D eigenvalue weighted by Crippen LogP contribution is 2.30. The number of nitro groups is 1. The van der Waals surface area contributed by atoms with Gasteiger partial charge in [0, 0.05) is 35.0 Å². The third kappa shape index (κ3) is 2.91. The zero-order valence-corrected chi connectivity index (χ0v) is 14.1. The van der Waals surface area contributed by atoms with Crippen LogP contribution in [0, 0.1) is 14.8 Å². The van der Waals surface area contributed by atoms with Gasteiger partial charge in [-0.3, -0.25) is 10.1 Å². The van der Waals surface area contributed by atoms with E-state index in [1.807, 2.05) is 0 Å². The molecular weight excluding hydrogens is 310 g/mol. The summed E-state index contributed by atoms with van der Waals surface area (Å²) in [5.41, 5.74) is 3.43. The van der Waals surface area contributed by atoms with Gasteiger partial charge in [0.1, 0.15) is 10.5 Å². The summed E-state index contributed by atoms with van der Waals surface area (Å²) in [6.07, 6.45) is 4.33. The van der Waals surface area contributed by atoms with E-state index in [1.165, 1.54) is 23.4 Å². The highest BCUT2D eigenvalue weighted by Gasteiger charge is 2.21. The molecule has 3 rings (SSSR count). The van der Waals surface area contributed by atoms with Gasteiger partial charge in [-0.2, -0.15) is 0 Å². The summed E-state index contributed by atoms with van der Waals surface area (Å²) in [6, 6.07) is 6.80. The van der Waals surface area contributed by atoms with Crippen LogP contribution >= 0.6 is 12.2 Å². The molecule has 6 heteroatoms. The quantitative estimate of drug-likeness (QED) is 0.467. The van der Waals surface area contributed by atoms with E-state index in [1.54, 1.807) is 12.1 Å². The van der Waals surface area contributed by atoms with E-state index in [4.69, 9.17) is 12.2 Å². The second kappa shape index (κ2) is 6.20. The summed E-state index contributed by atoms with van der Waals surface area (Å²) in [4.78, 5) is 15.1. The smallest absolute Gasteiger partial charge is 0.269 e. The fourth-order valence-corrected chi connectivity index (χ4v) is 3.53. The lowest BCUT2D eigenvalue weighted by molar-refractivity contribution is -0.384. The monoisotopic (exact) mass is 329 g/mol. The molecule has 2 aromatic rings. The van der Waals surface area contributed by atoms with Gasteiger partial charge in [0.15, 0.2) is 0 Å². The van der Waals surface area contributed by atoms with Gasteiger partial charge in [-0.1, -0.05) is 12.2 Å². The first kappa shape index (κ1) is 15.8. The number of benzene rings is 1. The maximum absolute atomic E-state index is 10.8. The number of nitro benzene ring substituents is 1. The topological polar surface area (TPSA) is 61.0 Å². The zero-order chi connectivity index (χ0) is 16.6. The molecule has 0 saturated carbocycles. The van der Waals surface area contributed by atoms with E-state index >= 15 is 0 Å². The third-order valence-corrected chi connectivity index (χ3v) is 4.61. The number of nitrogens with zero attached hydrogens (tertiary/aromatic N) is 3. The Bertz CT molecular complexity index is 810. The average molecular weight is 329 g/mol. The first-order chi connectivity index (χ1) is 11.0. The molecule has 5 nitrogen and oxygen atoms in total. The van der Waals surface area contributed by atoms with Crippen LogP contribution in [-0.4, -0.2) is 14.5 Å². The van der Waals surface area contributed by atoms with Crippen molar-refractivity contribution in [2.45, 2.75) is 45.6 Å². The van der Waals surface area contributed by atoms with Crippen LogP contribution in [0.15, 0.2) is 24.3 Å². The molecule has 0 spiro atoms. The number of hydrogen-bond acceptors (Lipinski definition) is 4. The minimum atomic E-state index is -0.390. The van der Waals surface area contributed by atoms with Crippen LogP contribution in [0.5, 0.6) is 0 Å². The summed E-state index contributed by atoms with van der Waals surface area (Å²) in [5.74, 6) is 0.806. The molecular formula is C17H19N3O2S. The Kier molecular flexibility index (Phi) is 4.26. The van der Waals surface area contributed by atoms with Crippen molar-refractivity contribution in [3.05, 3.63) is 50.3 Å². The lowest BCUT2D eigenvalue weighted by atomic mass is 9.96. The van der Waals surface area contributed by atoms with Crippen LogP contribution in [0.3, 0.4) is 0 Å². The molecule has 120 valence electrons. The Hall–Kier alpha value is -2.08. The van der Waals surface area contributed by atoms with Gasteiger partial charge in [0.05, 0.1) is 4.92 Å². The lowest BCUT2D eigenvalue weighted by Crippen LogP contribution is -2.19. The highest BCUT2D eigenvalue weighted by atomic mass is 32.1. The minimum absolute atomic E-state index is 0.0846. The summed E-state index contributed by atoms with van der Waals surface area (Å²) in [5, 5.41) is 10.8. The second-order valence-corrected chi connectivity index (χ2v) is 6.53.